The third-order valence-electron chi connectivity index (χ3n) is 1.87. The Bertz CT molecular complexity index is 421. The fourth-order valence-electron chi connectivity index (χ4n) is 1.12. The van der Waals surface area contributed by atoms with Crippen LogP contribution < -0.4 is 10.5 Å². The summed E-state index contributed by atoms with van der Waals surface area (Å²) in [6, 6.07) is 4.21. The number of rotatable bonds is 4. The van der Waals surface area contributed by atoms with Gasteiger partial charge in [0.1, 0.15) is 11.6 Å². The van der Waals surface area contributed by atoms with Crippen molar-refractivity contribution in [2.75, 3.05) is 6.61 Å². The molecule has 0 aliphatic carbocycles. The maximum atomic E-state index is 11.9. The number of ether oxygens (including phenoxy) is 1. The summed E-state index contributed by atoms with van der Waals surface area (Å²) in [6.45, 7) is -0.522. The number of amidine groups is 1. The first-order chi connectivity index (χ1) is 7.79. The molecule has 0 amide bonds. The number of halogens is 4. The molecule has 17 heavy (non-hydrogen) atoms. The van der Waals surface area contributed by atoms with Crippen molar-refractivity contribution in [2.45, 2.75) is 12.6 Å². The molecule has 1 aromatic rings. The summed E-state index contributed by atoms with van der Waals surface area (Å²) in [7, 11) is 0. The van der Waals surface area contributed by atoms with Gasteiger partial charge in [0.05, 0.1) is 18.6 Å². The fraction of sp³-hybridized carbons (Fsp3) is 0.300. The van der Waals surface area contributed by atoms with Crippen molar-refractivity contribution in [1.29, 1.82) is 5.41 Å². The van der Waals surface area contributed by atoms with Gasteiger partial charge >= 0.3 is 6.18 Å². The summed E-state index contributed by atoms with van der Waals surface area (Å²) in [4.78, 5) is 0. The lowest BCUT2D eigenvalue weighted by atomic mass is 10.2. The smallest absolute Gasteiger partial charge is 0.392 e. The summed E-state index contributed by atoms with van der Waals surface area (Å²) in [6.07, 6.45) is -5.34. The van der Waals surface area contributed by atoms with Crippen LogP contribution in [0.5, 0.6) is 5.75 Å². The molecule has 1 rings (SSSR count). The van der Waals surface area contributed by atoms with Crippen molar-refractivity contribution in [1.82, 2.24) is 0 Å². The summed E-state index contributed by atoms with van der Waals surface area (Å²) in [5, 5.41) is 7.58. The lowest BCUT2D eigenvalue weighted by Gasteiger charge is -2.12. The summed E-state index contributed by atoms with van der Waals surface area (Å²) in [5.74, 6) is -0.194. The second-order valence-corrected chi connectivity index (χ2v) is 3.70. The van der Waals surface area contributed by atoms with Gasteiger partial charge in [-0.15, -0.1) is 0 Å². The maximum Gasteiger partial charge on any atom is 0.392 e. The Morgan fingerprint density at radius 1 is 1.41 bits per heavy atom. The number of alkyl halides is 3. The molecule has 0 aliphatic rings. The minimum atomic E-state index is -4.27. The first kappa shape index (κ1) is 13.6. The summed E-state index contributed by atoms with van der Waals surface area (Å²) < 4.78 is 40.7. The molecule has 1 aromatic carbocycles. The molecule has 3 N–H and O–H groups in total. The Morgan fingerprint density at radius 3 is 2.59 bits per heavy atom. The highest BCUT2D eigenvalue weighted by molar-refractivity contribution is 6.31. The normalized spacial score (nSPS) is 11.3. The SMILES string of the molecule is N=C(N)c1cc(Cl)ccc1OCCC(F)(F)F. The van der Waals surface area contributed by atoms with Crippen LogP contribution >= 0.6 is 11.6 Å². The van der Waals surface area contributed by atoms with Gasteiger partial charge in [0.15, 0.2) is 0 Å². The van der Waals surface area contributed by atoms with Crippen molar-refractivity contribution in [3.05, 3.63) is 28.8 Å². The van der Waals surface area contributed by atoms with Crippen molar-refractivity contribution >= 4 is 17.4 Å². The number of hydrogen-bond donors (Lipinski definition) is 2. The van der Waals surface area contributed by atoms with Crippen LogP contribution in [0.4, 0.5) is 13.2 Å². The molecule has 0 unspecified atom stereocenters. The standard InChI is InChI=1S/C10H10ClF3N2O/c11-6-1-2-8(7(5-6)9(15)16)17-4-3-10(12,13)14/h1-2,5H,3-4H2,(H3,15,16). The van der Waals surface area contributed by atoms with E-state index in [0.717, 1.165) is 0 Å². The molecule has 3 nitrogen and oxygen atoms in total. The van der Waals surface area contributed by atoms with E-state index in [1.54, 1.807) is 0 Å². The average molecular weight is 267 g/mol. The Morgan fingerprint density at radius 2 is 2.06 bits per heavy atom. The van der Waals surface area contributed by atoms with Gasteiger partial charge in [0.2, 0.25) is 0 Å². The monoisotopic (exact) mass is 266 g/mol. The Hall–Kier alpha value is -1.43. The molecular weight excluding hydrogens is 257 g/mol. The summed E-state index contributed by atoms with van der Waals surface area (Å²) in [5.41, 5.74) is 5.44. The average Bonchev–Trinajstić information content (AvgIpc) is 2.18. The minimum Gasteiger partial charge on any atom is -0.492 e. The van der Waals surface area contributed by atoms with E-state index in [1.807, 2.05) is 0 Å². The van der Waals surface area contributed by atoms with E-state index in [9.17, 15) is 13.2 Å². The van der Waals surface area contributed by atoms with Crippen molar-refractivity contribution in [3.8, 4) is 5.75 Å². The maximum absolute atomic E-state index is 11.9. The number of nitrogens with one attached hydrogen (secondary N) is 1. The van der Waals surface area contributed by atoms with E-state index in [1.165, 1.54) is 18.2 Å². The van der Waals surface area contributed by atoms with Crippen molar-refractivity contribution < 1.29 is 17.9 Å². The predicted molar refractivity (Wildman–Crippen MR) is 58.6 cm³/mol. The molecule has 0 aromatic heterocycles. The van der Waals surface area contributed by atoms with Gasteiger partial charge in [-0.1, -0.05) is 11.6 Å². The number of nitrogen functional groups attached to an aromatic ring is 1. The number of nitrogens with two attached hydrogens (primary N) is 1. The third kappa shape index (κ3) is 4.52. The highest BCUT2D eigenvalue weighted by Crippen LogP contribution is 2.24. The van der Waals surface area contributed by atoms with Crippen LogP contribution in [0.1, 0.15) is 12.0 Å². The highest BCUT2D eigenvalue weighted by Gasteiger charge is 2.27. The first-order valence-electron chi connectivity index (χ1n) is 4.63. The number of hydrogen-bond acceptors (Lipinski definition) is 2. The Balaban J connectivity index is 2.74. The van der Waals surface area contributed by atoms with Gasteiger partial charge in [0.25, 0.3) is 0 Å². The molecule has 7 heteroatoms. The molecule has 0 saturated carbocycles. The molecule has 0 saturated heterocycles. The molecule has 0 heterocycles. The Labute approximate surface area is 101 Å². The van der Waals surface area contributed by atoms with Gasteiger partial charge in [-0.3, -0.25) is 5.41 Å². The molecule has 0 spiro atoms. The van der Waals surface area contributed by atoms with E-state index in [4.69, 9.17) is 27.5 Å². The highest BCUT2D eigenvalue weighted by atomic mass is 35.5. The van der Waals surface area contributed by atoms with E-state index in [2.05, 4.69) is 0 Å². The Kier molecular flexibility index (Phi) is 4.22. The second-order valence-electron chi connectivity index (χ2n) is 3.27. The molecule has 0 atom stereocenters. The topological polar surface area (TPSA) is 59.1 Å². The van der Waals surface area contributed by atoms with Crippen LogP contribution in [0.25, 0.3) is 0 Å². The molecule has 0 radical (unpaired) electrons. The molecule has 94 valence electrons. The van der Waals surface area contributed by atoms with Gasteiger partial charge in [0, 0.05) is 5.02 Å². The van der Waals surface area contributed by atoms with Crippen LogP contribution in [0.15, 0.2) is 18.2 Å². The lowest BCUT2D eigenvalue weighted by molar-refractivity contribution is -0.139. The largest absolute Gasteiger partial charge is 0.492 e. The van der Waals surface area contributed by atoms with E-state index in [0.29, 0.717) is 5.02 Å². The zero-order valence-electron chi connectivity index (χ0n) is 8.64. The van der Waals surface area contributed by atoms with E-state index >= 15 is 0 Å². The van der Waals surface area contributed by atoms with Crippen LogP contribution in [-0.4, -0.2) is 18.6 Å². The molecule has 0 aliphatic heterocycles. The number of benzene rings is 1. The third-order valence-corrected chi connectivity index (χ3v) is 2.11. The van der Waals surface area contributed by atoms with Gasteiger partial charge in [-0.2, -0.15) is 13.2 Å². The van der Waals surface area contributed by atoms with Gasteiger partial charge < -0.3 is 10.5 Å². The van der Waals surface area contributed by atoms with Crippen LogP contribution in [-0.2, 0) is 0 Å². The lowest BCUT2D eigenvalue weighted by Crippen LogP contribution is -2.16. The molecule has 0 fully saturated rings. The second kappa shape index (κ2) is 5.27. The van der Waals surface area contributed by atoms with Crippen molar-refractivity contribution in [2.24, 2.45) is 5.73 Å². The van der Waals surface area contributed by atoms with Crippen molar-refractivity contribution in [3.63, 3.8) is 0 Å². The van der Waals surface area contributed by atoms with Gasteiger partial charge in [-0.05, 0) is 18.2 Å². The van der Waals surface area contributed by atoms with Crippen LogP contribution in [0.2, 0.25) is 5.02 Å². The van der Waals surface area contributed by atoms with Crippen LogP contribution in [0.3, 0.4) is 0 Å². The molecular formula is C10H10ClF3N2O. The summed E-state index contributed by atoms with van der Waals surface area (Å²) >= 11 is 5.68. The van der Waals surface area contributed by atoms with E-state index < -0.39 is 19.2 Å². The van der Waals surface area contributed by atoms with Crippen LogP contribution in [0, 0.1) is 5.41 Å². The quantitative estimate of drug-likeness (QED) is 0.650. The zero-order valence-corrected chi connectivity index (χ0v) is 9.40. The van der Waals surface area contributed by atoms with Gasteiger partial charge in [-0.25, -0.2) is 0 Å². The fourth-order valence-corrected chi connectivity index (χ4v) is 1.29. The minimum absolute atomic E-state index is 0.117. The zero-order chi connectivity index (χ0) is 13.1. The molecule has 0 bridgehead atoms. The first-order valence-corrected chi connectivity index (χ1v) is 5.01. The van der Waals surface area contributed by atoms with E-state index in [-0.39, 0.29) is 17.1 Å². The predicted octanol–water partition coefficient (Wildman–Crippen LogP) is 2.96.